The molecule has 1 unspecified atom stereocenters. The highest BCUT2D eigenvalue weighted by atomic mass is 19.1. The van der Waals surface area contributed by atoms with Crippen LogP contribution in [0.5, 0.6) is 0 Å². The molecule has 1 N–H and O–H groups in total. The summed E-state index contributed by atoms with van der Waals surface area (Å²) in [5, 5.41) is 2.68. The molecule has 0 saturated carbocycles. The fourth-order valence-electron chi connectivity index (χ4n) is 1.89. The number of benzene rings is 1. The monoisotopic (exact) mass is 292 g/mol. The molecule has 0 heterocycles. The molecular weight excluding hydrogens is 271 g/mol. The number of nitrogens with zero attached hydrogens (tertiary/aromatic N) is 1. The van der Waals surface area contributed by atoms with Crippen molar-refractivity contribution >= 4 is 11.8 Å². The van der Waals surface area contributed by atoms with Crippen molar-refractivity contribution in [1.82, 2.24) is 10.2 Å². The summed E-state index contributed by atoms with van der Waals surface area (Å²) < 4.78 is 12.9. The van der Waals surface area contributed by atoms with E-state index in [1.807, 2.05) is 0 Å². The molecule has 0 fully saturated rings. The highest BCUT2D eigenvalue weighted by molar-refractivity contribution is 5.87. The van der Waals surface area contributed by atoms with Gasteiger partial charge in [0.1, 0.15) is 11.9 Å². The van der Waals surface area contributed by atoms with Crippen LogP contribution in [-0.2, 0) is 16.1 Å². The second-order valence-electron chi connectivity index (χ2n) is 4.71. The molecule has 0 aliphatic heterocycles. The fraction of sp³-hybridized carbons (Fsp3) is 0.375. The summed E-state index contributed by atoms with van der Waals surface area (Å²) in [5.74, 6) is -0.691. The molecule has 1 atom stereocenters. The maximum atomic E-state index is 12.9. The van der Waals surface area contributed by atoms with Gasteiger partial charge in [-0.1, -0.05) is 25.1 Å². The van der Waals surface area contributed by atoms with Gasteiger partial charge in [-0.2, -0.15) is 0 Å². The minimum atomic E-state index is -0.595. The van der Waals surface area contributed by atoms with E-state index in [4.69, 9.17) is 0 Å². The van der Waals surface area contributed by atoms with Crippen LogP contribution in [-0.4, -0.2) is 29.3 Å². The zero-order valence-electron chi connectivity index (χ0n) is 12.4. The maximum Gasteiger partial charge on any atom is 0.242 e. The van der Waals surface area contributed by atoms with Gasteiger partial charge in [-0.15, -0.1) is 6.58 Å². The highest BCUT2D eigenvalue weighted by Crippen LogP contribution is 2.11. The van der Waals surface area contributed by atoms with Gasteiger partial charge in [0.2, 0.25) is 11.8 Å². The zero-order chi connectivity index (χ0) is 15.8. The Morgan fingerprint density at radius 3 is 2.52 bits per heavy atom. The Balaban J connectivity index is 2.84. The van der Waals surface area contributed by atoms with Crippen molar-refractivity contribution in [3.05, 3.63) is 48.3 Å². The second kappa shape index (κ2) is 8.19. The summed E-state index contributed by atoms with van der Waals surface area (Å²) in [6.45, 7) is 7.58. The van der Waals surface area contributed by atoms with Gasteiger partial charge in [0, 0.05) is 19.5 Å². The molecular formula is C16H21FN2O2. The Kier molecular flexibility index (Phi) is 6.59. The number of amides is 2. The first-order chi connectivity index (χ1) is 9.99. The summed E-state index contributed by atoms with van der Waals surface area (Å²) in [7, 11) is 0. The van der Waals surface area contributed by atoms with E-state index in [0.717, 1.165) is 5.56 Å². The Bertz CT molecular complexity index is 500. The average molecular weight is 292 g/mol. The molecule has 1 rings (SSSR count). The number of hydrogen-bond donors (Lipinski definition) is 1. The van der Waals surface area contributed by atoms with Crippen LogP contribution >= 0.6 is 0 Å². The van der Waals surface area contributed by atoms with Crippen molar-refractivity contribution in [2.75, 3.05) is 6.54 Å². The summed E-state index contributed by atoms with van der Waals surface area (Å²) in [4.78, 5) is 25.5. The van der Waals surface area contributed by atoms with Crippen LogP contribution in [0.15, 0.2) is 36.9 Å². The van der Waals surface area contributed by atoms with E-state index in [1.165, 1.54) is 17.0 Å². The van der Waals surface area contributed by atoms with Gasteiger partial charge in [0.05, 0.1) is 0 Å². The molecule has 1 aromatic rings. The number of carbonyl (C=O) groups excluding carboxylic acids is 2. The predicted octanol–water partition coefficient (Wildman–Crippen LogP) is 2.25. The smallest absolute Gasteiger partial charge is 0.242 e. The Morgan fingerprint density at radius 1 is 1.38 bits per heavy atom. The quantitative estimate of drug-likeness (QED) is 0.784. The zero-order valence-corrected chi connectivity index (χ0v) is 12.4. The van der Waals surface area contributed by atoms with Crippen molar-refractivity contribution in [2.24, 2.45) is 0 Å². The van der Waals surface area contributed by atoms with E-state index < -0.39 is 6.04 Å². The first-order valence-corrected chi connectivity index (χ1v) is 6.92. The molecule has 114 valence electrons. The van der Waals surface area contributed by atoms with Crippen molar-refractivity contribution in [1.29, 1.82) is 0 Å². The van der Waals surface area contributed by atoms with Crippen molar-refractivity contribution < 1.29 is 14.0 Å². The molecule has 0 aliphatic rings. The lowest BCUT2D eigenvalue weighted by molar-refractivity contribution is -0.140. The van der Waals surface area contributed by atoms with Crippen LogP contribution in [0.1, 0.15) is 25.8 Å². The minimum Gasteiger partial charge on any atom is -0.351 e. The maximum absolute atomic E-state index is 12.9. The lowest BCUT2D eigenvalue weighted by Crippen LogP contribution is -2.47. The third-order valence-electron chi connectivity index (χ3n) is 3.16. The van der Waals surface area contributed by atoms with Gasteiger partial charge < -0.3 is 10.2 Å². The molecule has 0 bridgehead atoms. The second-order valence-corrected chi connectivity index (χ2v) is 4.71. The molecule has 2 amide bonds. The molecule has 5 heteroatoms. The predicted molar refractivity (Wildman–Crippen MR) is 79.9 cm³/mol. The van der Waals surface area contributed by atoms with Gasteiger partial charge >= 0.3 is 0 Å². The lowest BCUT2D eigenvalue weighted by Gasteiger charge is -2.28. The molecule has 0 saturated heterocycles. The number of halogens is 1. The molecule has 0 spiro atoms. The van der Waals surface area contributed by atoms with Gasteiger partial charge in [-0.05, 0) is 24.6 Å². The third-order valence-corrected chi connectivity index (χ3v) is 3.16. The standard InChI is InChI=1S/C16H21FN2O2/c1-4-10-18-16(21)12(3)19(15(20)5-2)11-13-6-8-14(17)9-7-13/h4,6-9,12H,1,5,10-11H2,2-3H3,(H,18,21). The Labute approximate surface area is 124 Å². The molecule has 4 nitrogen and oxygen atoms in total. The van der Waals surface area contributed by atoms with Crippen LogP contribution in [0.2, 0.25) is 0 Å². The SMILES string of the molecule is C=CCNC(=O)C(C)N(Cc1ccc(F)cc1)C(=O)CC. The molecule has 0 aliphatic carbocycles. The van der Waals surface area contributed by atoms with E-state index in [-0.39, 0.29) is 24.2 Å². The van der Waals surface area contributed by atoms with Crippen LogP contribution in [0, 0.1) is 5.82 Å². The van der Waals surface area contributed by atoms with E-state index in [2.05, 4.69) is 11.9 Å². The summed E-state index contributed by atoms with van der Waals surface area (Å²) in [5.41, 5.74) is 0.779. The number of hydrogen-bond acceptors (Lipinski definition) is 2. The Hall–Kier alpha value is -2.17. The van der Waals surface area contributed by atoms with Gasteiger partial charge in [-0.25, -0.2) is 4.39 Å². The third kappa shape index (κ3) is 5.02. The molecule has 0 radical (unpaired) electrons. The van der Waals surface area contributed by atoms with E-state index in [9.17, 15) is 14.0 Å². The van der Waals surface area contributed by atoms with E-state index in [1.54, 1.807) is 32.1 Å². The first kappa shape index (κ1) is 16.9. The highest BCUT2D eigenvalue weighted by Gasteiger charge is 2.24. The van der Waals surface area contributed by atoms with Crippen molar-refractivity contribution in [2.45, 2.75) is 32.9 Å². The van der Waals surface area contributed by atoms with Gasteiger partial charge in [0.25, 0.3) is 0 Å². The van der Waals surface area contributed by atoms with E-state index >= 15 is 0 Å². The molecule has 0 aromatic heterocycles. The normalized spacial score (nSPS) is 11.6. The number of carbonyl (C=O) groups is 2. The number of nitrogens with one attached hydrogen (secondary N) is 1. The Morgan fingerprint density at radius 2 is 2.00 bits per heavy atom. The number of rotatable bonds is 7. The summed E-state index contributed by atoms with van der Waals surface area (Å²) in [6.07, 6.45) is 1.89. The fourth-order valence-corrected chi connectivity index (χ4v) is 1.89. The van der Waals surface area contributed by atoms with Crippen molar-refractivity contribution in [3.8, 4) is 0 Å². The largest absolute Gasteiger partial charge is 0.351 e. The van der Waals surface area contributed by atoms with E-state index in [0.29, 0.717) is 13.0 Å². The molecule has 1 aromatic carbocycles. The van der Waals surface area contributed by atoms with Gasteiger partial charge in [0.15, 0.2) is 0 Å². The average Bonchev–Trinajstić information content (AvgIpc) is 2.50. The molecule has 21 heavy (non-hydrogen) atoms. The lowest BCUT2D eigenvalue weighted by atomic mass is 10.1. The summed E-state index contributed by atoms with van der Waals surface area (Å²) in [6, 6.07) is 5.31. The summed E-state index contributed by atoms with van der Waals surface area (Å²) >= 11 is 0. The topological polar surface area (TPSA) is 49.4 Å². The minimum absolute atomic E-state index is 0.124. The van der Waals surface area contributed by atoms with Crippen LogP contribution in [0.25, 0.3) is 0 Å². The van der Waals surface area contributed by atoms with Crippen LogP contribution < -0.4 is 5.32 Å². The first-order valence-electron chi connectivity index (χ1n) is 6.92. The van der Waals surface area contributed by atoms with Crippen LogP contribution in [0.4, 0.5) is 4.39 Å². The van der Waals surface area contributed by atoms with Gasteiger partial charge in [-0.3, -0.25) is 9.59 Å². The van der Waals surface area contributed by atoms with Crippen molar-refractivity contribution in [3.63, 3.8) is 0 Å². The van der Waals surface area contributed by atoms with Crippen LogP contribution in [0.3, 0.4) is 0 Å².